The van der Waals surface area contributed by atoms with Crippen molar-refractivity contribution in [2.75, 3.05) is 6.61 Å². The summed E-state index contributed by atoms with van der Waals surface area (Å²) < 4.78 is 11.2. The molecule has 312 valence electrons. The van der Waals surface area contributed by atoms with Crippen molar-refractivity contribution in [2.45, 2.75) is 85.0 Å². The molecule has 8 rings (SSSR count). The van der Waals surface area contributed by atoms with Crippen LogP contribution in [-0.4, -0.2) is 86.6 Å². The lowest BCUT2D eigenvalue weighted by molar-refractivity contribution is 0.0884. The van der Waals surface area contributed by atoms with Crippen molar-refractivity contribution in [3.8, 4) is 11.6 Å². The summed E-state index contributed by atoms with van der Waals surface area (Å²) in [6.45, 7) is 19.6. The lowest BCUT2D eigenvalue weighted by atomic mass is 10.1. The van der Waals surface area contributed by atoms with Crippen molar-refractivity contribution in [1.29, 1.82) is 0 Å². The minimum absolute atomic E-state index is 0.202. The summed E-state index contributed by atoms with van der Waals surface area (Å²) in [5, 5.41) is 17.9. The Bertz CT molecular complexity index is 2880. The molecule has 8 aromatic rings. The number of ether oxygens (including phenoxy) is 1. The summed E-state index contributed by atoms with van der Waals surface area (Å²) in [5.74, 6) is 0.639. The number of nitrogens with one attached hydrogen (secondary N) is 3. The lowest BCUT2D eigenvalue weighted by Crippen LogP contribution is -2.40. The Labute approximate surface area is 357 Å². The Kier molecular flexibility index (Phi) is 11.6. The van der Waals surface area contributed by atoms with Crippen molar-refractivity contribution < 1.29 is 14.3 Å². The number of H-pyrrole nitrogens is 1. The van der Waals surface area contributed by atoms with E-state index in [4.69, 9.17) is 32.9 Å². The maximum Gasteiger partial charge on any atom is 0.255 e. The van der Waals surface area contributed by atoms with Gasteiger partial charge in [0.25, 0.3) is 11.8 Å². The van der Waals surface area contributed by atoms with Crippen molar-refractivity contribution >= 4 is 87.2 Å². The van der Waals surface area contributed by atoms with E-state index < -0.39 is 8.07 Å². The molecule has 0 radical (unpaired) electrons. The maximum atomic E-state index is 13.1. The number of aromatic amines is 1. The molecule has 0 fully saturated rings. The van der Waals surface area contributed by atoms with E-state index in [0.717, 1.165) is 27.8 Å². The van der Waals surface area contributed by atoms with Crippen molar-refractivity contribution in [3.63, 3.8) is 0 Å². The number of carbonyl (C=O) groups excluding carboxylic acids is 2. The van der Waals surface area contributed by atoms with E-state index in [1.54, 1.807) is 52.6 Å². The number of benzene rings is 2. The van der Waals surface area contributed by atoms with Crippen LogP contribution in [0.2, 0.25) is 35.7 Å². The zero-order valence-corrected chi connectivity index (χ0v) is 37.6. The van der Waals surface area contributed by atoms with Gasteiger partial charge < -0.3 is 24.9 Å². The number of hydrogen-bond acceptors (Lipinski definition) is 9. The van der Waals surface area contributed by atoms with Crippen LogP contribution in [0.25, 0.3) is 55.8 Å². The van der Waals surface area contributed by atoms with Crippen molar-refractivity contribution in [2.24, 2.45) is 0 Å². The van der Waals surface area contributed by atoms with E-state index in [1.807, 2.05) is 76.4 Å². The van der Waals surface area contributed by atoms with Crippen LogP contribution in [0, 0.1) is 0 Å². The maximum absolute atomic E-state index is 13.1. The molecule has 60 heavy (non-hydrogen) atoms. The van der Waals surface area contributed by atoms with Gasteiger partial charge in [-0.15, -0.1) is 0 Å². The molecule has 15 nitrogen and oxygen atoms in total. The van der Waals surface area contributed by atoms with E-state index in [-0.39, 0.29) is 22.9 Å². The van der Waals surface area contributed by atoms with Crippen LogP contribution in [0.15, 0.2) is 73.6 Å². The standard InChI is InChI=1S/C24H31ClN6O2Si.C18H17ClN6O/c1-24(2,3)29-23(32)18-14-30(15-33-9-10-34(4,5)6)22-21(18)28-20(13-26-22)31-19-8-7-17(25)11-16(19)12-27-31;1-18(2,3)24-17(26)12-8-20-16-15(12)23-14(9-21-16)25-13-5-4-11(19)6-10(13)7-22-25/h7-8,11-14H,9-10,15H2,1-6H3,(H,29,32);4-9H,1-3H3,(H,20,21)(H,24,26). The quantitative estimate of drug-likeness (QED) is 0.0946. The molecule has 0 saturated carbocycles. The second-order valence-electron chi connectivity index (χ2n) is 17.8. The molecule has 0 aliphatic heterocycles. The highest BCUT2D eigenvalue weighted by Gasteiger charge is 2.24. The predicted molar refractivity (Wildman–Crippen MR) is 239 cm³/mol. The fourth-order valence-electron chi connectivity index (χ4n) is 6.30. The largest absolute Gasteiger partial charge is 0.361 e. The van der Waals surface area contributed by atoms with Gasteiger partial charge >= 0.3 is 0 Å². The first kappa shape index (κ1) is 42.4. The number of carbonyl (C=O) groups is 2. The van der Waals surface area contributed by atoms with Gasteiger partial charge in [-0.1, -0.05) is 42.8 Å². The highest BCUT2D eigenvalue weighted by molar-refractivity contribution is 6.76. The molecule has 2 amide bonds. The van der Waals surface area contributed by atoms with Crippen LogP contribution in [-0.2, 0) is 11.5 Å². The van der Waals surface area contributed by atoms with E-state index in [9.17, 15) is 9.59 Å². The molecule has 0 aliphatic carbocycles. The smallest absolute Gasteiger partial charge is 0.255 e. The number of nitrogens with zero attached hydrogens (tertiary/aromatic N) is 9. The van der Waals surface area contributed by atoms with Gasteiger partial charge in [0.2, 0.25) is 0 Å². The normalized spacial score (nSPS) is 12.3. The molecular formula is C42H48Cl2N12O3Si. The third-order valence-corrected chi connectivity index (χ3v) is 11.3. The van der Waals surface area contributed by atoms with Crippen molar-refractivity contribution in [3.05, 3.63) is 94.8 Å². The Morgan fingerprint density at radius 1 is 0.750 bits per heavy atom. The van der Waals surface area contributed by atoms with Crippen LogP contribution < -0.4 is 10.6 Å². The monoisotopic (exact) mass is 866 g/mol. The lowest BCUT2D eigenvalue weighted by Gasteiger charge is -2.20. The van der Waals surface area contributed by atoms with E-state index in [0.29, 0.717) is 68.5 Å². The highest BCUT2D eigenvalue weighted by Crippen LogP contribution is 2.26. The Balaban J connectivity index is 0.000000188. The minimum Gasteiger partial charge on any atom is -0.361 e. The summed E-state index contributed by atoms with van der Waals surface area (Å²) in [5.41, 5.74) is 4.03. The fourth-order valence-corrected chi connectivity index (χ4v) is 7.41. The minimum atomic E-state index is -1.20. The van der Waals surface area contributed by atoms with Crippen LogP contribution in [0.1, 0.15) is 62.3 Å². The first-order chi connectivity index (χ1) is 28.2. The van der Waals surface area contributed by atoms with Gasteiger partial charge in [-0.05, 0) is 84.0 Å². The average molecular weight is 868 g/mol. The Morgan fingerprint density at radius 2 is 1.28 bits per heavy atom. The number of rotatable bonds is 9. The first-order valence-electron chi connectivity index (χ1n) is 19.4. The summed E-state index contributed by atoms with van der Waals surface area (Å²) >= 11 is 12.2. The predicted octanol–water partition coefficient (Wildman–Crippen LogP) is 8.74. The van der Waals surface area contributed by atoms with Crippen LogP contribution in [0.4, 0.5) is 0 Å². The van der Waals surface area contributed by atoms with Gasteiger partial charge in [-0.2, -0.15) is 10.2 Å². The molecule has 0 unspecified atom stereocenters. The SMILES string of the molecule is CC(C)(C)NC(=O)c1c[nH]c2ncc(-n3ncc4cc(Cl)ccc43)nc12.CC(C)(C)NC(=O)c1cn(COCC[Si](C)(C)C)c2ncc(-n3ncc4cc(Cl)ccc43)nc12. The average Bonchev–Trinajstić information content (AvgIpc) is 3.95. The number of amides is 2. The molecular weight excluding hydrogens is 820 g/mol. The molecule has 0 bridgehead atoms. The molecule has 0 spiro atoms. The van der Waals surface area contributed by atoms with Gasteiger partial charge in [0.05, 0.1) is 46.9 Å². The third-order valence-electron chi connectivity index (χ3n) is 9.11. The topological polar surface area (TPSA) is 175 Å². The zero-order chi connectivity index (χ0) is 43.1. The Morgan fingerprint density at radius 3 is 1.83 bits per heavy atom. The summed E-state index contributed by atoms with van der Waals surface area (Å²) in [6, 6.07) is 12.1. The molecule has 6 heterocycles. The fraction of sp³-hybridized carbons (Fsp3) is 0.333. The molecule has 6 aromatic heterocycles. The second kappa shape index (κ2) is 16.4. The first-order valence-corrected chi connectivity index (χ1v) is 23.9. The number of fused-ring (bicyclic) bond motifs is 4. The number of hydrogen-bond donors (Lipinski definition) is 3. The van der Waals surface area contributed by atoms with Gasteiger partial charge in [0.15, 0.2) is 22.9 Å². The van der Waals surface area contributed by atoms with Gasteiger partial charge in [0, 0.05) is 59.0 Å². The van der Waals surface area contributed by atoms with E-state index >= 15 is 0 Å². The van der Waals surface area contributed by atoms with Gasteiger partial charge in [-0.25, -0.2) is 29.3 Å². The zero-order valence-electron chi connectivity index (χ0n) is 35.1. The number of halogens is 2. The molecule has 0 aliphatic rings. The summed E-state index contributed by atoms with van der Waals surface area (Å²) in [7, 11) is -1.20. The molecule has 18 heteroatoms. The van der Waals surface area contributed by atoms with Gasteiger partial charge in [-0.3, -0.25) is 9.59 Å². The van der Waals surface area contributed by atoms with Gasteiger partial charge in [0.1, 0.15) is 17.8 Å². The number of aromatic nitrogens is 10. The molecule has 2 aromatic carbocycles. The summed E-state index contributed by atoms with van der Waals surface area (Å²) in [4.78, 5) is 47.1. The van der Waals surface area contributed by atoms with E-state index in [2.05, 4.69) is 60.4 Å². The van der Waals surface area contributed by atoms with Crippen LogP contribution in [0.5, 0.6) is 0 Å². The second-order valence-corrected chi connectivity index (χ2v) is 24.3. The molecule has 3 N–H and O–H groups in total. The van der Waals surface area contributed by atoms with Crippen molar-refractivity contribution in [1.82, 2.24) is 59.7 Å². The third kappa shape index (κ3) is 9.68. The molecule has 0 saturated heterocycles. The van der Waals surface area contributed by atoms with Crippen LogP contribution in [0.3, 0.4) is 0 Å². The molecule has 0 atom stereocenters. The van der Waals surface area contributed by atoms with Crippen LogP contribution >= 0.6 is 23.2 Å². The highest BCUT2D eigenvalue weighted by atomic mass is 35.5. The van der Waals surface area contributed by atoms with E-state index in [1.165, 1.54) is 0 Å². The Hall–Kier alpha value is -5.68. The summed E-state index contributed by atoms with van der Waals surface area (Å²) in [6.07, 6.45) is 10.1.